The van der Waals surface area contributed by atoms with Crippen LogP contribution >= 0.6 is 22.9 Å². The average molecular weight is 479 g/mol. The van der Waals surface area contributed by atoms with Crippen molar-refractivity contribution < 1.29 is 22.7 Å². The molecular formula is C21H19ClN2O5S2. The molecule has 10 heteroatoms. The van der Waals surface area contributed by atoms with Gasteiger partial charge in [-0.1, -0.05) is 11.6 Å². The summed E-state index contributed by atoms with van der Waals surface area (Å²) in [5.41, 5.74) is 0.798. The summed E-state index contributed by atoms with van der Waals surface area (Å²) in [6, 6.07) is 14.4. The monoisotopic (exact) mass is 478 g/mol. The van der Waals surface area contributed by atoms with Crippen molar-refractivity contribution >= 4 is 44.6 Å². The molecule has 31 heavy (non-hydrogen) atoms. The van der Waals surface area contributed by atoms with E-state index >= 15 is 0 Å². The molecule has 0 fully saturated rings. The summed E-state index contributed by atoms with van der Waals surface area (Å²) in [6.45, 7) is 1.24. The number of sulfonamides is 1. The Balaban J connectivity index is 1.44. The van der Waals surface area contributed by atoms with Gasteiger partial charge in [0.2, 0.25) is 0 Å². The number of hydrogen-bond donors (Lipinski definition) is 1. The number of ether oxygens (including phenoxy) is 2. The maximum absolute atomic E-state index is 12.7. The Bertz CT molecular complexity index is 1210. The summed E-state index contributed by atoms with van der Waals surface area (Å²) in [6.07, 6.45) is 0. The van der Waals surface area contributed by atoms with Gasteiger partial charge in [-0.2, -0.15) is 0 Å². The van der Waals surface area contributed by atoms with Crippen LogP contribution in [-0.2, 0) is 16.6 Å². The zero-order valence-corrected chi connectivity index (χ0v) is 18.9. The van der Waals surface area contributed by atoms with Gasteiger partial charge in [-0.15, -0.1) is 11.3 Å². The molecular weight excluding hydrogens is 460 g/mol. The number of nitrogens with one attached hydrogen (secondary N) is 1. The molecule has 1 aromatic heterocycles. The second-order valence-electron chi connectivity index (χ2n) is 6.86. The Morgan fingerprint density at radius 1 is 1.06 bits per heavy atom. The van der Waals surface area contributed by atoms with Crippen LogP contribution in [0.5, 0.6) is 11.5 Å². The van der Waals surface area contributed by atoms with Gasteiger partial charge in [0, 0.05) is 29.2 Å². The van der Waals surface area contributed by atoms with Crippen molar-refractivity contribution in [3.63, 3.8) is 0 Å². The molecule has 0 saturated carbocycles. The molecule has 0 saturated heterocycles. The maximum Gasteiger partial charge on any atom is 0.262 e. The van der Waals surface area contributed by atoms with Crippen molar-refractivity contribution in [3.05, 3.63) is 69.4 Å². The minimum Gasteiger partial charge on any atom is -0.486 e. The number of carbonyl (C=O) groups is 1. The van der Waals surface area contributed by atoms with Gasteiger partial charge in [0.15, 0.2) is 11.5 Å². The van der Waals surface area contributed by atoms with Gasteiger partial charge >= 0.3 is 0 Å². The predicted octanol–water partition coefficient (Wildman–Crippen LogP) is 4.25. The van der Waals surface area contributed by atoms with E-state index in [9.17, 15) is 13.2 Å². The van der Waals surface area contributed by atoms with Crippen molar-refractivity contribution in [2.75, 3.05) is 25.0 Å². The normalized spacial score (nSPS) is 13.0. The Labute approximate surface area is 189 Å². The molecule has 1 aliphatic heterocycles. The number of halogens is 1. The first-order chi connectivity index (χ1) is 14.8. The first-order valence-corrected chi connectivity index (χ1v) is 12.0. The lowest BCUT2D eigenvalue weighted by atomic mass is 10.2. The summed E-state index contributed by atoms with van der Waals surface area (Å²) in [7, 11) is -2.12. The van der Waals surface area contributed by atoms with Gasteiger partial charge in [-0.25, -0.2) is 8.42 Å². The van der Waals surface area contributed by atoms with Crippen LogP contribution in [-0.4, -0.2) is 39.5 Å². The summed E-state index contributed by atoms with van der Waals surface area (Å²) in [4.78, 5) is 15.3. The van der Waals surface area contributed by atoms with Crippen LogP contribution in [0.3, 0.4) is 0 Å². The molecule has 0 radical (unpaired) electrons. The SMILES string of the molecule is CN(Cc1ccc(Cl)s1)C(=O)c1ccc(NS(=O)(=O)c2ccc3c(c2)OCCO3)cc1. The first kappa shape index (κ1) is 21.5. The van der Waals surface area contributed by atoms with Crippen molar-refractivity contribution in [1.82, 2.24) is 4.90 Å². The number of benzene rings is 2. The molecule has 2 aromatic carbocycles. The first-order valence-electron chi connectivity index (χ1n) is 9.34. The van der Waals surface area contributed by atoms with Crippen LogP contribution in [0.25, 0.3) is 0 Å². The van der Waals surface area contributed by atoms with E-state index in [1.54, 1.807) is 48.3 Å². The number of nitrogens with zero attached hydrogens (tertiary/aromatic N) is 1. The predicted molar refractivity (Wildman–Crippen MR) is 120 cm³/mol. The Morgan fingerprint density at radius 3 is 2.45 bits per heavy atom. The number of carbonyl (C=O) groups excluding carboxylic acids is 1. The highest BCUT2D eigenvalue weighted by atomic mass is 35.5. The Kier molecular flexibility index (Phi) is 6.08. The lowest BCUT2D eigenvalue weighted by Gasteiger charge is -2.19. The summed E-state index contributed by atoms with van der Waals surface area (Å²) in [5, 5.41) is 0. The second kappa shape index (κ2) is 8.78. The number of amides is 1. The molecule has 162 valence electrons. The number of hydrogen-bond acceptors (Lipinski definition) is 6. The molecule has 0 unspecified atom stereocenters. The average Bonchev–Trinajstić information content (AvgIpc) is 3.17. The van der Waals surface area contributed by atoms with Crippen LogP contribution in [0.15, 0.2) is 59.5 Å². The summed E-state index contributed by atoms with van der Waals surface area (Å²) >= 11 is 7.36. The number of fused-ring (bicyclic) bond motifs is 1. The minimum absolute atomic E-state index is 0.0613. The molecule has 0 spiro atoms. The fourth-order valence-electron chi connectivity index (χ4n) is 3.05. The topological polar surface area (TPSA) is 84.9 Å². The van der Waals surface area contributed by atoms with Gasteiger partial charge in [-0.05, 0) is 48.5 Å². The van der Waals surface area contributed by atoms with Gasteiger partial charge in [0.1, 0.15) is 13.2 Å². The number of rotatable bonds is 6. The number of anilines is 1. The van der Waals surface area contributed by atoms with E-state index in [1.807, 2.05) is 6.07 Å². The smallest absolute Gasteiger partial charge is 0.262 e. The molecule has 7 nitrogen and oxygen atoms in total. The van der Waals surface area contributed by atoms with Crippen molar-refractivity contribution in [2.24, 2.45) is 0 Å². The highest BCUT2D eigenvalue weighted by molar-refractivity contribution is 7.92. The molecule has 1 amide bonds. The summed E-state index contributed by atoms with van der Waals surface area (Å²) < 4.78 is 39.5. The zero-order valence-electron chi connectivity index (χ0n) is 16.5. The lowest BCUT2D eigenvalue weighted by Crippen LogP contribution is -2.25. The molecule has 2 heterocycles. The van der Waals surface area contributed by atoms with Gasteiger partial charge in [0.05, 0.1) is 15.8 Å². The molecule has 0 atom stereocenters. The van der Waals surface area contributed by atoms with E-state index < -0.39 is 10.0 Å². The van der Waals surface area contributed by atoms with E-state index in [-0.39, 0.29) is 10.8 Å². The highest BCUT2D eigenvalue weighted by Gasteiger charge is 2.20. The summed E-state index contributed by atoms with van der Waals surface area (Å²) in [5.74, 6) is 0.734. The largest absolute Gasteiger partial charge is 0.486 e. The van der Waals surface area contributed by atoms with Gasteiger partial charge in [-0.3, -0.25) is 9.52 Å². The maximum atomic E-state index is 12.7. The van der Waals surface area contributed by atoms with Crippen molar-refractivity contribution in [1.29, 1.82) is 0 Å². The fourth-order valence-corrected chi connectivity index (χ4v) is 5.26. The van der Waals surface area contributed by atoms with Crippen molar-refractivity contribution in [2.45, 2.75) is 11.4 Å². The second-order valence-corrected chi connectivity index (χ2v) is 10.3. The van der Waals surface area contributed by atoms with E-state index in [2.05, 4.69) is 4.72 Å². The Morgan fingerprint density at radius 2 is 1.77 bits per heavy atom. The van der Waals surface area contributed by atoms with E-state index in [4.69, 9.17) is 21.1 Å². The quantitative estimate of drug-likeness (QED) is 0.572. The fraction of sp³-hybridized carbons (Fsp3) is 0.190. The van der Waals surface area contributed by atoms with Crippen LogP contribution in [0.4, 0.5) is 5.69 Å². The van der Waals surface area contributed by atoms with Gasteiger partial charge < -0.3 is 14.4 Å². The third-order valence-electron chi connectivity index (χ3n) is 4.58. The zero-order chi connectivity index (χ0) is 22.0. The van der Waals surface area contributed by atoms with Crippen LogP contribution in [0.2, 0.25) is 4.34 Å². The molecule has 0 aliphatic carbocycles. The lowest BCUT2D eigenvalue weighted by molar-refractivity contribution is 0.0786. The number of thiophene rings is 1. The standard InChI is InChI=1S/C21H19ClN2O5S2/c1-24(13-16-6-9-20(22)30-16)21(25)14-2-4-15(5-3-14)23-31(26,27)17-7-8-18-19(12-17)29-11-10-28-18/h2-9,12,23H,10-11,13H2,1H3. The van der Waals surface area contributed by atoms with E-state index in [1.165, 1.54) is 23.5 Å². The molecule has 3 aromatic rings. The molecule has 1 aliphatic rings. The van der Waals surface area contributed by atoms with E-state index in [0.29, 0.717) is 46.8 Å². The minimum atomic E-state index is -3.83. The van der Waals surface area contributed by atoms with Crippen LogP contribution < -0.4 is 14.2 Å². The van der Waals surface area contributed by atoms with E-state index in [0.717, 1.165) is 4.88 Å². The van der Waals surface area contributed by atoms with Crippen LogP contribution in [0.1, 0.15) is 15.2 Å². The highest BCUT2D eigenvalue weighted by Crippen LogP contribution is 2.32. The Hall–Kier alpha value is -2.75. The third-order valence-corrected chi connectivity index (χ3v) is 7.17. The third kappa shape index (κ3) is 4.95. The molecule has 1 N–H and O–H groups in total. The molecule has 0 bridgehead atoms. The van der Waals surface area contributed by atoms with Crippen molar-refractivity contribution in [3.8, 4) is 11.5 Å². The van der Waals surface area contributed by atoms with Crippen LogP contribution in [0, 0.1) is 0 Å². The molecule has 4 rings (SSSR count). The van der Waals surface area contributed by atoms with Gasteiger partial charge in [0.25, 0.3) is 15.9 Å².